The number of amides is 1. The van der Waals surface area contributed by atoms with E-state index >= 15 is 0 Å². The third-order valence-corrected chi connectivity index (χ3v) is 5.80. The van der Waals surface area contributed by atoms with Crippen LogP contribution in [0.2, 0.25) is 0 Å². The van der Waals surface area contributed by atoms with Gasteiger partial charge in [-0.2, -0.15) is 5.10 Å². The number of aromatic nitrogens is 2. The van der Waals surface area contributed by atoms with E-state index in [0.29, 0.717) is 23.5 Å². The van der Waals surface area contributed by atoms with Gasteiger partial charge in [0.15, 0.2) is 5.82 Å². The molecular formula is C25H30F2N4O. The van der Waals surface area contributed by atoms with Crippen molar-refractivity contribution in [1.82, 2.24) is 20.0 Å². The number of rotatable bonds is 9. The van der Waals surface area contributed by atoms with Crippen molar-refractivity contribution in [2.45, 2.75) is 40.2 Å². The Labute approximate surface area is 188 Å². The summed E-state index contributed by atoms with van der Waals surface area (Å²) in [4.78, 5) is 15.4. The summed E-state index contributed by atoms with van der Waals surface area (Å²) in [6.07, 6.45) is 0.820. The first-order valence-electron chi connectivity index (χ1n) is 10.9. The van der Waals surface area contributed by atoms with Gasteiger partial charge < -0.3 is 5.32 Å². The number of nitrogens with one attached hydrogen (secondary N) is 1. The van der Waals surface area contributed by atoms with Crippen molar-refractivity contribution in [3.05, 3.63) is 82.7 Å². The zero-order chi connectivity index (χ0) is 23.3. The van der Waals surface area contributed by atoms with Crippen LogP contribution in [-0.2, 0) is 6.42 Å². The van der Waals surface area contributed by atoms with Crippen molar-refractivity contribution in [3.8, 4) is 5.69 Å². The monoisotopic (exact) mass is 440 g/mol. The second-order valence-electron chi connectivity index (χ2n) is 7.83. The van der Waals surface area contributed by atoms with E-state index in [2.05, 4.69) is 41.3 Å². The van der Waals surface area contributed by atoms with E-state index in [1.165, 1.54) is 22.4 Å². The van der Waals surface area contributed by atoms with Gasteiger partial charge in [0, 0.05) is 18.7 Å². The maximum Gasteiger partial charge on any atom is 0.255 e. The Balaban J connectivity index is 1.80. The molecule has 0 aliphatic carbocycles. The molecule has 1 heterocycles. The zero-order valence-corrected chi connectivity index (χ0v) is 19.0. The van der Waals surface area contributed by atoms with Crippen LogP contribution in [0.1, 0.15) is 41.2 Å². The Morgan fingerprint density at radius 1 is 1.09 bits per heavy atom. The molecule has 7 heteroatoms. The Morgan fingerprint density at radius 2 is 1.78 bits per heavy atom. The first kappa shape index (κ1) is 23.6. The molecule has 0 fully saturated rings. The van der Waals surface area contributed by atoms with E-state index in [-0.39, 0.29) is 17.6 Å². The normalized spacial score (nSPS) is 12.2. The average molecular weight is 441 g/mol. The Kier molecular flexibility index (Phi) is 7.75. The van der Waals surface area contributed by atoms with Crippen molar-refractivity contribution >= 4 is 5.91 Å². The number of aryl methyl sites for hydroxylation is 1. The molecule has 0 saturated carbocycles. The summed E-state index contributed by atoms with van der Waals surface area (Å²) in [7, 11) is 0. The summed E-state index contributed by atoms with van der Waals surface area (Å²) in [5, 5.41) is 7.39. The Hall–Kier alpha value is -3.06. The van der Waals surface area contributed by atoms with Gasteiger partial charge in [-0.25, -0.2) is 13.5 Å². The average Bonchev–Trinajstić information content (AvgIpc) is 3.07. The van der Waals surface area contributed by atoms with Gasteiger partial charge in [-0.15, -0.1) is 0 Å². The summed E-state index contributed by atoms with van der Waals surface area (Å²) in [5.74, 6) is -1.64. The molecule has 1 atom stereocenters. The molecule has 32 heavy (non-hydrogen) atoms. The number of hydrogen-bond acceptors (Lipinski definition) is 3. The lowest BCUT2D eigenvalue weighted by atomic mass is 10.0. The van der Waals surface area contributed by atoms with Crippen LogP contribution in [0.5, 0.6) is 0 Å². The number of likely N-dealkylation sites (N-methyl/N-ethyl adjacent to an activating group) is 1. The van der Waals surface area contributed by atoms with Gasteiger partial charge in [0.05, 0.1) is 17.0 Å². The van der Waals surface area contributed by atoms with Crippen LogP contribution < -0.4 is 5.32 Å². The van der Waals surface area contributed by atoms with E-state index < -0.39 is 11.6 Å². The topological polar surface area (TPSA) is 50.2 Å². The largest absolute Gasteiger partial charge is 0.350 e. The van der Waals surface area contributed by atoms with Crippen LogP contribution >= 0.6 is 0 Å². The first-order valence-corrected chi connectivity index (χ1v) is 10.9. The standard InChI is InChI=1S/C25H30F2N4O/c1-5-30(6-2)21(14-19-10-8-7-9-11-19)16-28-25(32)24-17(3)29-31(18(24)4)23-13-12-20(26)15-22(23)27/h7-13,15,21H,5-6,14,16H2,1-4H3,(H,28,32). The predicted octanol–water partition coefficient (Wildman–Crippen LogP) is 4.45. The Bertz CT molecular complexity index is 1060. The van der Waals surface area contributed by atoms with Crippen LogP contribution in [0.4, 0.5) is 8.78 Å². The smallest absolute Gasteiger partial charge is 0.255 e. The van der Waals surface area contributed by atoms with Crippen LogP contribution in [0.15, 0.2) is 48.5 Å². The van der Waals surface area contributed by atoms with Crippen molar-refractivity contribution < 1.29 is 13.6 Å². The van der Waals surface area contributed by atoms with Crippen LogP contribution in [0.3, 0.4) is 0 Å². The summed E-state index contributed by atoms with van der Waals surface area (Å²) < 4.78 is 28.9. The molecule has 0 radical (unpaired) electrons. The second-order valence-corrected chi connectivity index (χ2v) is 7.83. The minimum Gasteiger partial charge on any atom is -0.350 e. The summed E-state index contributed by atoms with van der Waals surface area (Å²) in [5.41, 5.74) is 2.73. The SMILES string of the molecule is CCN(CC)C(CNC(=O)c1c(C)nn(-c2ccc(F)cc2F)c1C)Cc1ccccc1. The molecule has 0 spiro atoms. The molecule has 1 unspecified atom stereocenters. The highest BCUT2D eigenvalue weighted by molar-refractivity contribution is 5.96. The van der Waals surface area contributed by atoms with E-state index in [4.69, 9.17) is 0 Å². The zero-order valence-electron chi connectivity index (χ0n) is 19.0. The van der Waals surface area contributed by atoms with Gasteiger partial charge in [0.2, 0.25) is 0 Å². The maximum atomic E-state index is 14.3. The molecule has 5 nitrogen and oxygen atoms in total. The van der Waals surface area contributed by atoms with Crippen molar-refractivity contribution in [2.24, 2.45) is 0 Å². The number of benzene rings is 2. The lowest BCUT2D eigenvalue weighted by Crippen LogP contribution is -2.45. The number of nitrogens with zero attached hydrogens (tertiary/aromatic N) is 3. The van der Waals surface area contributed by atoms with E-state index in [0.717, 1.165) is 25.6 Å². The molecule has 0 aliphatic heterocycles. The lowest BCUT2D eigenvalue weighted by molar-refractivity contribution is 0.0933. The first-order chi connectivity index (χ1) is 15.3. The number of carbonyl (C=O) groups excluding carboxylic acids is 1. The molecule has 0 saturated heterocycles. The van der Waals surface area contributed by atoms with Crippen molar-refractivity contribution in [1.29, 1.82) is 0 Å². The van der Waals surface area contributed by atoms with Crippen LogP contribution in [0.25, 0.3) is 5.69 Å². The maximum absolute atomic E-state index is 14.3. The summed E-state index contributed by atoms with van der Waals surface area (Å²) in [6, 6.07) is 13.7. The third-order valence-electron chi connectivity index (χ3n) is 5.80. The van der Waals surface area contributed by atoms with Gasteiger partial charge in [0.1, 0.15) is 11.5 Å². The number of halogens is 2. The van der Waals surface area contributed by atoms with Gasteiger partial charge in [0.25, 0.3) is 5.91 Å². The molecule has 3 rings (SSSR count). The quantitative estimate of drug-likeness (QED) is 0.535. The fourth-order valence-electron chi connectivity index (χ4n) is 4.11. The van der Waals surface area contributed by atoms with E-state index in [1.54, 1.807) is 13.8 Å². The van der Waals surface area contributed by atoms with Gasteiger partial charge in [-0.3, -0.25) is 9.69 Å². The van der Waals surface area contributed by atoms with Crippen molar-refractivity contribution in [3.63, 3.8) is 0 Å². The molecule has 1 aromatic heterocycles. The molecule has 2 aromatic carbocycles. The minimum atomic E-state index is -0.730. The molecular weight excluding hydrogens is 410 g/mol. The second kappa shape index (κ2) is 10.5. The lowest BCUT2D eigenvalue weighted by Gasteiger charge is -2.30. The highest BCUT2D eigenvalue weighted by Crippen LogP contribution is 2.21. The summed E-state index contributed by atoms with van der Waals surface area (Å²) in [6.45, 7) is 9.88. The fraction of sp³-hybridized carbons (Fsp3) is 0.360. The Morgan fingerprint density at radius 3 is 2.41 bits per heavy atom. The summed E-state index contributed by atoms with van der Waals surface area (Å²) >= 11 is 0. The van der Waals surface area contributed by atoms with Gasteiger partial charge >= 0.3 is 0 Å². The van der Waals surface area contributed by atoms with E-state index in [1.807, 2.05) is 18.2 Å². The molecule has 170 valence electrons. The highest BCUT2D eigenvalue weighted by Gasteiger charge is 2.23. The third kappa shape index (κ3) is 5.22. The molecule has 3 aromatic rings. The van der Waals surface area contributed by atoms with Gasteiger partial charge in [-0.1, -0.05) is 44.2 Å². The molecule has 0 bridgehead atoms. The number of hydrogen-bond donors (Lipinski definition) is 1. The molecule has 1 amide bonds. The van der Waals surface area contributed by atoms with Crippen molar-refractivity contribution in [2.75, 3.05) is 19.6 Å². The van der Waals surface area contributed by atoms with Crippen LogP contribution in [0, 0.1) is 25.5 Å². The van der Waals surface area contributed by atoms with E-state index in [9.17, 15) is 13.6 Å². The van der Waals surface area contributed by atoms with Crippen LogP contribution in [-0.4, -0.2) is 46.3 Å². The molecule has 0 aliphatic rings. The highest BCUT2D eigenvalue weighted by atomic mass is 19.1. The number of carbonyl (C=O) groups is 1. The fourth-order valence-corrected chi connectivity index (χ4v) is 4.11. The van der Waals surface area contributed by atoms with Gasteiger partial charge in [-0.05, 0) is 51.1 Å². The molecule has 1 N–H and O–H groups in total. The predicted molar refractivity (Wildman–Crippen MR) is 122 cm³/mol. The minimum absolute atomic E-state index is 0.108.